The zero-order valence-corrected chi connectivity index (χ0v) is 24.2. The van der Waals surface area contributed by atoms with Gasteiger partial charge < -0.3 is 25.6 Å². The van der Waals surface area contributed by atoms with Crippen molar-refractivity contribution in [3.63, 3.8) is 0 Å². The van der Waals surface area contributed by atoms with Gasteiger partial charge in [0, 0.05) is 19.0 Å². The van der Waals surface area contributed by atoms with Crippen molar-refractivity contribution in [3.05, 3.63) is 0 Å². The van der Waals surface area contributed by atoms with Gasteiger partial charge in [-0.2, -0.15) is 0 Å². The van der Waals surface area contributed by atoms with E-state index in [2.05, 4.69) is 20.7 Å². The second-order valence-corrected chi connectivity index (χ2v) is 12.8. The summed E-state index contributed by atoms with van der Waals surface area (Å²) >= 11 is 0. The molecule has 2 aliphatic heterocycles. The minimum absolute atomic E-state index is 0.0110. The van der Waals surface area contributed by atoms with Crippen LogP contribution in [0.3, 0.4) is 0 Å². The van der Waals surface area contributed by atoms with Gasteiger partial charge >= 0.3 is 12.5 Å². The van der Waals surface area contributed by atoms with Gasteiger partial charge in [-0.05, 0) is 70.6 Å². The lowest BCUT2D eigenvalue weighted by Gasteiger charge is -2.31. The van der Waals surface area contributed by atoms with E-state index in [9.17, 15) is 37.1 Å². The van der Waals surface area contributed by atoms with Crippen molar-refractivity contribution < 1.29 is 46.6 Å². The van der Waals surface area contributed by atoms with E-state index in [1.807, 2.05) is 13.8 Å². The lowest BCUT2D eigenvalue weighted by atomic mass is 9.95. The second kappa shape index (κ2) is 12.5. The first kappa shape index (κ1) is 32.6. The summed E-state index contributed by atoms with van der Waals surface area (Å²) in [5.74, 6) is -3.22. The van der Waals surface area contributed by atoms with Gasteiger partial charge in [-0.1, -0.05) is 13.8 Å². The number of hydrogen-bond donors (Lipinski definition) is 3. The van der Waals surface area contributed by atoms with Crippen molar-refractivity contribution in [1.29, 1.82) is 0 Å². The van der Waals surface area contributed by atoms with E-state index in [1.165, 1.54) is 4.90 Å². The molecule has 3 N–H and O–H groups in total. The zero-order valence-electron chi connectivity index (χ0n) is 24.2. The molecule has 0 aromatic carbocycles. The summed E-state index contributed by atoms with van der Waals surface area (Å²) in [5.41, 5.74) is -1.06. The van der Waals surface area contributed by atoms with Gasteiger partial charge in [0.2, 0.25) is 17.7 Å². The maximum Gasteiger partial charge on any atom is 0.522 e. The van der Waals surface area contributed by atoms with E-state index in [4.69, 9.17) is 4.74 Å². The highest BCUT2D eigenvalue weighted by atomic mass is 19.4. The normalized spacial score (nSPS) is 23.2. The molecular weight excluding hydrogens is 549 g/mol. The van der Waals surface area contributed by atoms with Gasteiger partial charge in [-0.25, -0.2) is 4.79 Å². The molecule has 1 aliphatic carbocycles. The smallest absolute Gasteiger partial charge is 0.444 e. The number of hydrogen-bond acceptors (Lipinski definition) is 7. The molecule has 3 fully saturated rings. The largest absolute Gasteiger partial charge is 0.522 e. The molecule has 0 bridgehead atoms. The number of ketones is 1. The third kappa shape index (κ3) is 9.57. The number of amides is 4. The molecule has 11 nitrogen and oxygen atoms in total. The van der Waals surface area contributed by atoms with Crippen molar-refractivity contribution >= 4 is 29.6 Å². The second-order valence-electron chi connectivity index (χ2n) is 12.8. The summed E-state index contributed by atoms with van der Waals surface area (Å²) in [5, 5.41) is 7.75. The van der Waals surface area contributed by atoms with Gasteiger partial charge in [0.15, 0.2) is 5.78 Å². The first-order valence-corrected chi connectivity index (χ1v) is 14.0. The molecule has 3 aliphatic rings. The Bertz CT molecular complexity index is 1020. The van der Waals surface area contributed by atoms with Crippen LogP contribution in [0, 0.1) is 17.3 Å². The molecule has 3 rings (SSSR count). The van der Waals surface area contributed by atoms with Crippen LogP contribution in [0.2, 0.25) is 0 Å². The highest BCUT2D eigenvalue weighted by Crippen LogP contribution is 2.55. The summed E-state index contributed by atoms with van der Waals surface area (Å²) in [4.78, 5) is 66.1. The summed E-state index contributed by atoms with van der Waals surface area (Å²) in [6, 6.07) is -3.40. The number of nitrogens with one attached hydrogen (secondary N) is 3. The molecule has 0 unspecified atom stereocenters. The number of carbonyl (C=O) groups excluding carboxylic acids is 5. The topological polar surface area (TPSA) is 143 Å². The molecule has 232 valence electrons. The molecule has 2 heterocycles. The number of likely N-dealkylation sites (tertiary alicyclic amines) is 1. The fourth-order valence-corrected chi connectivity index (χ4v) is 5.35. The maximum atomic E-state index is 13.8. The number of nitrogens with zero attached hydrogens (tertiary/aromatic N) is 1. The van der Waals surface area contributed by atoms with Crippen LogP contribution in [0.1, 0.15) is 73.1 Å². The fourth-order valence-electron chi connectivity index (χ4n) is 5.35. The predicted octanol–water partition coefficient (Wildman–Crippen LogP) is 2.42. The number of halogens is 3. The molecule has 2 saturated heterocycles. The highest BCUT2D eigenvalue weighted by molar-refractivity contribution is 5.95. The van der Waals surface area contributed by atoms with Crippen molar-refractivity contribution in [2.75, 3.05) is 19.7 Å². The van der Waals surface area contributed by atoms with E-state index < -0.39 is 66.3 Å². The van der Waals surface area contributed by atoms with Gasteiger partial charge in [0.1, 0.15) is 24.3 Å². The molecular formula is C27H41F3N4O7. The van der Waals surface area contributed by atoms with Crippen LogP contribution in [0.4, 0.5) is 18.0 Å². The van der Waals surface area contributed by atoms with E-state index in [0.29, 0.717) is 19.4 Å². The zero-order chi connectivity index (χ0) is 30.8. The lowest BCUT2D eigenvalue weighted by molar-refractivity contribution is -0.321. The van der Waals surface area contributed by atoms with Gasteiger partial charge in [0.25, 0.3) is 0 Å². The summed E-state index contributed by atoms with van der Waals surface area (Å²) in [7, 11) is 0. The van der Waals surface area contributed by atoms with Crippen LogP contribution in [0.15, 0.2) is 0 Å². The number of carbonyl (C=O) groups is 5. The third-order valence-electron chi connectivity index (χ3n) is 7.51. The Labute approximate surface area is 237 Å². The lowest BCUT2D eigenvalue weighted by Crippen LogP contribution is -2.56. The quantitative estimate of drug-likeness (QED) is 0.335. The number of rotatable bonds is 11. The van der Waals surface area contributed by atoms with Crippen LogP contribution in [-0.4, -0.2) is 84.3 Å². The van der Waals surface area contributed by atoms with E-state index in [-0.39, 0.29) is 36.6 Å². The minimum Gasteiger partial charge on any atom is -0.444 e. The maximum absolute atomic E-state index is 13.8. The monoisotopic (exact) mass is 590 g/mol. The van der Waals surface area contributed by atoms with Gasteiger partial charge in [-0.15, -0.1) is 13.2 Å². The third-order valence-corrected chi connectivity index (χ3v) is 7.51. The average molecular weight is 591 g/mol. The van der Waals surface area contributed by atoms with E-state index in [1.54, 1.807) is 20.8 Å². The summed E-state index contributed by atoms with van der Waals surface area (Å²) in [6.45, 7) is 8.14. The molecule has 0 radical (unpaired) electrons. The SMILES string of the molecule is CC(C)C[C@@H](NC(=O)OC(C)(C)C)C(=O)N1CC2(CC2)C[C@H]1C(=O)N[C@@H](C[C@@H]1CCNC1=O)C(=O)COC(F)(F)F. The first-order chi connectivity index (χ1) is 18.9. The first-order valence-electron chi connectivity index (χ1n) is 14.0. The van der Waals surface area contributed by atoms with E-state index in [0.717, 1.165) is 12.8 Å². The Balaban J connectivity index is 1.78. The molecule has 0 aromatic rings. The fraction of sp³-hybridized carbons (Fsp3) is 0.815. The summed E-state index contributed by atoms with van der Waals surface area (Å²) in [6.07, 6.45) is -3.48. The van der Waals surface area contributed by atoms with Gasteiger partial charge in [-0.3, -0.25) is 23.9 Å². The van der Waals surface area contributed by atoms with Crippen LogP contribution in [0.5, 0.6) is 0 Å². The molecule has 4 atom stereocenters. The highest BCUT2D eigenvalue weighted by Gasteiger charge is 2.56. The number of alkyl carbamates (subject to hydrolysis) is 1. The Kier molecular flexibility index (Phi) is 9.97. The molecule has 41 heavy (non-hydrogen) atoms. The van der Waals surface area contributed by atoms with Crippen molar-refractivity contribution in [1.82, 2.24) is 20.9 Å². The average Bonchev–Trinajstić information content (AvgIpc) is 3.28. The Morgan fingerprint density at radius 3 is 2.27 bits per heavy atom. The molecule has 4 amide bonds. The Morgan fingerprint density at radius 2 is 1.76 bits per heavy atom. The van der Waals surface area contributed by atoms with E-state index >= 15 is 0 Å². The summed E-state index contributed by atoms with van der Waals surface area (Å²) < 4.78 is 46.9. The standard InChI is InChI=1S/C27H41F3N4O7/c1-15(2)10-18(33-24(39)41-25(3,4)5)23(38)34-14-26(7-8-26)12-19(34)22(37)32-17(11-16-6-9-31-21(16)36)20(35)13-40-27(28,29)30/h15-19H,6-14H2,1-5H3,(H,31,36)(H,32,37)(H,33,39)/t16-,17-,18+,19-/m0/s1. The van der Waals surface area contributed by atoms with Crippen LogP contribution < -0.4 is 16.0 Å². The van der Waals surface area contributed by atoms with Crippen LogP contribution in [-0.2, 0) is 28.7 Å². The van der Waals surface area contributed by atoms with Crippen molar-refractivity contribution in [2.45, 2.75) is 103 Å². The molecule has 1 saturated carbocycles. The number of ether oxygens (including phenoxy) is 2. The Hall–Kier alpha value is -2.90. The molecule has 0 aromatic heterocycles. The predicted molar refractivity (Wildman–Crippen MR) is 139 cm³/mol. The van der Waals surface area contributed by atoms with Crippen molar-refractivity contribution in [3.8, 4) is 0 Å². The Morgan fingerprint density at radius 1 is 1.10 bits per heavy atom. The minimum atomic E-state index is -5.05. The molecule has 1 spiro atoms. The van der Waals surface area contributed by atoms with Crippen molar-refractivity contribution in [2.24, 2.45) is 17.3 Å². The van der Waals surface area contributed by atoms with Gasteiger partial charge in [0.05, 0.1) is 6.04 Å². The number of Topliss-reactive ketones (excluding diaryl/α,β-unsaturated/α-hetero) is 1. The van der Waals surface area contributed by atoms with Crippen LogP contribution >= 0.6 is 0 Å². The number of alkyl halides is 3. The molecule has 14 heteroatoms. The van der Waals surface area contributed by atoms with Crippen LogP contribution in [0.25, 0.3) is 0 Å².